The molecule has 0 aliphatic rings. The van der Waals surface area contributed by atoms with Crippen LogP contribution in [0.2, 0.25) is 0 Å². The van der Waals surface area contributed by atoms with E-state index in [2.05, 4.69) is 25.1 Å². The zero-order valence-corrected chi connectivity index (χ0v) is 9.38. The molecule has 1 heterocycles. The van der Waals surface area contributed by atoms with Crippen molar-refractivity contribution in [1.82, 2.24) is 5.16 Å². The molecular weight excluding hydrogens is 174 g/mol. The Kier molecular flexibility index (Phi) is 5.35. The van der Waals surface area contributed by atoms with Crippen molar-refractivity contribution in [3.63, 3.8) is 0 Å². The van der Waals surface area contributed by atoms with Gasteiger partial charge in [0.15, 0.2) is 0 Å². The van der Waals surface area contributed by atoms with Crippen molar-refractivity contribution in [2.24, 2.45) is 0 Å². The van der Waals surface area contributed by atoms with Crippen LogP contribution in [0.4, 0.5) is 0 Å². The number of hydrogen-bond donors (Lipinski definition) is 0. The van der Waals surface area contributed by atoms with Gasteiger partial charge in [-0.3, -0.25) is 0 Å². The Morgan fingerprint density at radius 1 is 1.07 bits per heavy atom. The number of aryl methyl sites for hydroxylation is 2. The average Bonchev–Trinajstić information content (AvgIpc) is 2.63. The third-order valence-corrected chi connectivity index (χ3v) is 2.42. The van der Waals surface area contributed by atoms with E-state index >= 15 is 0 Å². The van der Waals surface area contributed by atoms with Gasteiger partial charge in [-0.1, -0.05) is 38.3 Å². The van der Waals surface area contributed by atoms with Crippen molar-refractivity contribution in [2.75, 3.05) is 0 Å². The van der Waals surface area contributed by atoms with Gasteiger partial charge >= 0.3 is 0 Å². The van der Waals surface area contributed by atoms with Crippen LogP contribution in [0.1, 0.15) is 57.4 Å². The lowest BCUT2D eigenvalue weighted by molar-refractivity contribution is 0.373. The molecule has 0 saturated carbocycles. The van der Waals surface area contributed by atoms with Crippen molar-refractivity contribution < 1.29 is 4.52 Å². The SMILES string of the molecule is CCCCCc1cc(CCCC)no1. The largest absolute Gasteiger partial charge is 0.361 e. The van der Waals surface area contributed by atoms with Crippen LogP contribution in [-0.2, 0) is 12.8 Å². The highest BCUT2D eigenvalue weighted by Gasteiger charge is 2.02. The molecule has 1 aromatic heterocycles. The summed E-state index contributed by atoms with van der Waals surface area (Å²) in [7, 11) is 0. The highest BCUT2D eigenvalue weighted by atomic mass is 16.5. The molecule has 0 radical (unpaired) electrons. The van der Waals surface area contributed by atoms with E-state index < -0.39 is 0 Å². The molecule has 0 amide bonds. The molecule has 0 fully saturated rings. The van der Waals surface area contributed by atoms with E-state index in [9.17, 15) is 0 Å². The molecule has 2 heteroatoms. The average molecular weight is 195 g/mol. The summed E-state index contributed by atoms with van der Waals surface area (Å²) in [5.41, 5.74) is 1.12. The lowest BCUT2D eigenvalue weighted by Crippen LogP contribution is -1.83. The fourth-order valence-corrected chi connectivity index (χ4v) is 1.50. The zero-order chi connectivity index (χ0) is 10.2. The highest BCUT2D eigenvalue weighted by Crippen LogP contribution is 2.10. The van der Waals surface area contributed by atoms with Gasteiger partial charge in [-0.2, -0.15) is 0 Å². The van der Waals surface area contributed by atoms with E-state index in [0.29, 0.717) is 0 Å². The van der Waals surface area contributed by atoms with Crippen LogP contribution < -0.4 is 0 Å². The molecule has 0 bridgehead atoms. The molecular formula is C12H21NO. The molecule has 0 spiro atoms. The van der Waals surface area contributed by atoms with E-state index in [1.54, 1.807) is 0 Å². The van der Waals surface area contributed by atoms with Gasteiger partial charge in [-0.05, 0) is 19.3 Å². The Labute approximate surface area is 86.7 Å². The van der Waals surface area contributed by atoms with Gasteiger partial charge in [-0.15, -0.1) is 0 Å². The molecule has 0 N–H and O–H groups in total. The second-order valence-electron chi connectivity index (χ2n) is 3.85. The molecule has 0 aromatic carbocycles. The molecule has 2 nitrogen and oxygen atoms in total. The maximum absolute atomic E-state index is 5.26. The summed E-state index contributed by atoms with van der Waals surface area (Å²) in [6.07, 6.45) is 8.31. The fraction of sp³-hybridized carbons (Fsp3) is 0.750. The fourth-order valence-electron chi connectivity index (χ4n) is 1.50. The molecule has 1 aromatic rings. The summed E-state index contributed by atoms with van der Waals surface area (Å²) in [5, 5.41) is 4.06. The summed E-state index contributed by atoms with van der Waals surface area (Å²) in [4.78, 5) is 0. The molecule has 1 rings (SSSR count). The normalized spacial score (nSPS) is 10.7. The van der Waals surface area contributed by atoms with Crippen LogP contribution in [0, 0.1) is 0 Å². The number of nitrogens with zero attached hydrogens (tertiary/aromatic N) is 1. The predicted molar refractivity (Wildman–Crippen MR) is 58.3 cm³/mol. The zero-order valence-electron chi connectivity index (χ0n) is 9.38. The maximum atomic E-state index is 5.26. The maximum Gasteiger partial charge on any atom is 0.137 e. The first-order valence-corrected chi connectivity index (χ1v) is 5.81. The molecule has 0 aliphatic carbocycles. The van der Waals surface area contributed by atoms with Crippen molar-refractivity contribution in [1.29, 1.82) is 0 Å². The first-order chi connectivity index (χ1) is 6.86. The van der Waals surface area contributed by atoms with Crippen LogP contribution >= 0.6 is 0 Å². The van der Waals surface area contributed by atoms with Crippen LogP contribution in [0.5, 0.6) is 0 Å². The van der Waals surface area contributed by atoms with Gasteiger partial charge in [0.1, 0.15) is 5.76 Å². The van der Waals surface area contributed by atoms with E-state index in [1.165, 1.54) is 32.1 Å². The van der Waals surface area contributed by atoms with E-state index in [1.807, 2.05) is 0 Å². The van der Waals surface area contributed by atoms with E-state index in [4.69, 9.17) is 4.52 Å². The van der Waals surface area contributed by atoms with Gasteiger partial charge in [0.05, 0.1) is 5.69 Å². The summed E-state index contributed by atoms with van der Waals surface area (Å²) >= 11 is 0. The predicted octanol–water partition coefficient (Wildman–Crippen LogP) is 3.75. The number of rotatable bonds is 7. The monoisotopic (exact) mass is 195 g/mol. The minimum atomic E-state index is 1.05. The lowest BCUT2D eigenvalue weighted by Gasteiger charge is -1.92. The van der Waals surface area contributed by atoms with Gasteiger partial charge in [0, 0.05) is 12.5 Å². The third-order valence-electron chi connectivity index (χ3n) is 2.42. The molecule has 0 unspecified atom stereocenters. The minimum absolute atomic E-state index is 1.05. The van der Waals surface area contributed by atoms with Crippen LogP contribution in [0.25, 0.3) is 0 Å². The van der Waals surface area contributed by atoms with Crippen LogP contribution in [-0.4, -0.2) is 5.16 Å². The highest BCUT2D eigenvalue weighted by molar-refractivity contribution is 5.05. The molecule has 14 heavy (non-hydrogen) atoms. The summed E-state index contributed by atoms with van der Waals surface area (Å²) in [6, 6.07) is 2.12. The Balaban J connectivity index is 2.27. The smallest absolute Gasteiger partial charge is 0.137 e. The number of hydrogen-bond acceptors (Lipinski definition) is 2. The first kappa shape index (κ1) is 11.3. The summed E-state index contributed by atoms with van der Waals surface area (Å²) < 4.78 is 5.26. The Morgan fingerprint density at radius 3 is 2.57 bits per heavy atom. The topological polar surface area (TPSA) is 26.0 Å². The van der Waals surface area contributed by atoms with Gasteiger partial charge in [-0.25, -0.2) is 0 Å². The summed E-state index contributed by atoms with van der Waals surface area (Å²) in [6.45, 7) is 4.41. The molecule has 0 atom stereocenters. The number of unbranched alkanes of at least 4 members (excludes halogenated alkanes) is 3. The van der Waals surface area contributed by atoms with Crippen LogP contribution in [0.3, 0.4) is 0 Å². The van der Waals surface area contributed by atoms with Crippen LogP contribution in [0.15, 0.2) is 10.6 Å². The summed E-state index contributed by atoms with van der Waals surface area (Å²) in [5.74, 6) is 1.06. The Bertz CT molecular complexity index is 242. The quantitative estimate of drug-likeness (QED) is 0.619. The molecule has 0 saturated heterocycles. The van der Waals surface area contributed by atoms with Crippen molar-refractivity contribution >= 4 is 0 Å². The Morgan fingerprint density at radius 2 is 1.86 bits per heavy atom. The Hall–Kier alpha value is -0.790. The first-order valence-electron chi connectivity index (χ1n) is 5.81. The second kappa shape index (κ2) is 6.63. The van der Waals surface area contributed by atoms with Gasteiger partial charge in [0.2, 0.25) is 0 Å². The number of aromatic nitrogens is 1. The van der Waals surface area contributed by atoms with Gasteiger partial charge in [0.25, 0.3) is 0 Å². The molecule has 0 aliphatic heterocycles. The second-order valence-corrected chi connectivity index (χ2v) is 3.85. The van der Waals surface area contributed by atoms with Crippen molar-refractivity contribution in [3.05, 3.63) is 17.5 Å². The standard InChI is InChI=1S/C12H21NO/c1-3-5-7-9-12-10-11(13-14-12)8-6-4-2/h10H,3-9H2,1-2H3. The lowest BCUT2D eigenvalue weighted by atomic mass is 10.1. The third kappa shape index (κ3) is 3.95. The molecule has 80 valence electrons. The van der Waals surface area contributed by atoms with E-state index in [-0.39, 0.29) is 0 Å². The van der Waals surface area contributed by atoms with Gasteiger partial charge < -0.3 is 4.52 Å². The minimum Gasteiger partial charge on any atom is -0.361 e. The van der Waals surface area contributed by atoms with Crippen molar-refractivity contribution in [3.8, 4) is 0 Å². The van der Waals surface area contributed by atoms with Crippen molar-refractivity contribution in [2.45, 2.75) is 58.8 Å². The van der Waals surface area contributed by atoms with E-state index in [0.717, 1.165) is 24.3 Å².